The summed E-state index contributed by atoms with van der Waals surface area (Å²) in [5.41, 5.74) is 1.66. The van der Waals surface area contributed by atoms with Gasteiger partial charge < -0.3 is 0 Å². The van der Waals surface area contributed by atoms with Crippen LogP contribution < -0.4 is 0 Å². The minimum Gasteiger partial charge on any atom is -0.294 e. The summed E-state index contributed by atoms with van der Waals surface area (Å²) in [6.45, 7) is 5.98. The van der Waals surface area contributed by atoms with Gasteiger partial charge in [0.1, 0.15) is 0 Å². The lowest BCUT2D eigenvalue weighted by molar-refractivity contribution is 0.0967. The molecule has 0 aliphatic carbocycles. The van der Waals surface area contributed by atoms with Gasteiger partial charge in [0.15, 0.2) is 5.78 Å². The first-order valence-electron chi connectivity index (χ1n) is 4.90. The van der Waals surface area contributed by atoms with E-state index in [9.17, 15) is 4.79 Å². The SMILES string of the molecule is Cc1cc(C(=O)CC(C)C)c(Br)cc1Cl. The van der Waals surface area contributed by atoms with Crippen molar-refractivity contribution in [3.8, 4) is 0 Å². The summed E-state index contributed by atoms with van der Waals surface area (Å²) in [5, 5.41) is 0.683. The van der Waals surface area contributed by atoms with Crippen molar-refractivity contribution in [3.05, 3.63) is 32.8 Å². The molecule has 0 radical (unpaired) electrons. The highest BCUT2D eigenvalue weighted by Gasteiger charge is 2.13. The Bertz CT molecular complexity index is 385. The number of aryl methyl sites for hydroxylation is 1. The van der Waals surface area contributed by atoms with Crippen LogP contribution in [0.2, 0.25) is 5.02 Å². The molecule has 82 valence electrons. The van der Waals surface area contributed by atoms with Crippen LogP contribution in [0.5, 0.6) is 0 Å². The number of hydrogen-bond acceptors (Lipinski definition) is 1. The molecule has 1 rings (SSSR count). The van der Waals surface area contributed by atoms with E-state index in [1.54, 1.807) is 6.07 Å². The van der Waals surface area contributed by atoms with Crippen LogP contribution >= 0.6 is 27.5 Å². The average Bonchev–Trinajstić information content (AvgIpc) is 2.09. The molecule has 0 aliphatic heterocycles. The number of halogens is 2. The Morgan fingerprint density at radius 2 is 2.07 bits per heavy atom. The third-order valence-electron chi connectivity index (χ3n) is 2.14. The predicted octanol–water partition coefficient (Wildman–Crippen LogP) is 4.64. The van der Waals surface area contributed by atoms with Crippen LogP contribution in [0.1, 0.15) is 36.2 Å². The van der Waals surface area contributed by atoms with Crippen molar-refractivity contribution in [1.82, 2.24) is 0 Å². The fraction of sp³-hybridized carbons (Fsp3) is 0.417. The molecular weight excluding hydrogens is 275 g/mol. The topological polar surface area (TPSA) is 17.1 Å². The summed E-state index contributed by atoms with van der Waals surface area (Å²) in [5.74, 6) is 0.539. The second kappa shape index (κ2) is 5.13. The van der Waals surface area contributed by atoms with Gasteiger partial charge in [0.25, 0.3) is 0 Å². The van der Waals surface area contributed by atoms with E-state index in [2.05, 4.69) is 15.9 Å². The van der Waals surface area contributed by atoms with E-state index >= 15 is 0 Å². The second-order valence-corrected chi connectivity index (χ2v) is 5.36. The fourth-order valence-corrected chi connectivity index (χ4v) is 2.21. The molecule has 0 fully saturated rings. The van der Waals surface area contributed by atoms with Crippen LogP contribution in [0.15, 0.2) is 16.6 Å². The van der Waals surface area contributed by atoms with Crippen LogP contribution in [-0.2, 0) is 0 Å². The third kappa shape index (κ3) is 3.32. The van der Waals surface area contributed by atoms with Crippen molar-refractivity contribution in [3.63, 3.8) is 0 Å². The Kier molecular flexibility index (Phi) is 4.35. The average molecular weight is 290 g/mol. The van der Waals surface area contributed by atoms with Crippen molar-refractivity contribution >= 4 is 33.3 Å². The molecule has 1 aromatic carbocycles. The van der Waals surface area contributed by atoms with E-state index in [1.165, 1.54) is 0 Å². The van der Waals surface area contributed by atoms with Crippen molar-refractivity contribution in [2.45, 2.75) is 27.2 Å². The predicted molar refractivity (Wildman–Crippen MR) is 67.7 cm³/mol. The molecule has 1 nitrogen and oxygen atoms in total. The lowest BCUT2D eigenvalue weighted by Gasteiger charge is -2.08. The Morgan fingerprint density at radius 1 is 1.47 bits per heavy atom. The van der Waals surface area contributed by atoms with Gasteiger partial charge in [0.2, 0.25) is 0 Å². The molecule has 1 aromatic rings. The van der Waals surface area contributed by atoms with Crippen molar-refractivity contribution in [2.75, 3.05) is 0 Å². The van der Waals surface area contributed by atoms with Gasteiger partial charge in [-0.15, -0.1) is 0 Å². The number of ketones is 1. The van der Waals surface area contributed by atoms with Gasteiger partial charge in [-0.25, -0.2) is 0 Å². The normalized spacial score (nSPS) is 10.8. The molecule has 0 saturated carbocycles. The molecule has 0 bridgehead atoms. The molecule has 0 spiro atoms. The Hall–Kier alpha value is -0.340. The van der Waals surface area contributed by atoms with E-state index in [0.29, 0.717) is 17.4 Å². The summed E-state index contributed by atoms with van der Waals surface area (Å²) < 4.78 is 0.781. The monoisotopic (exact) mass is 288 g/mol. The van der Waals surface area contributed by atoms with Crippen LogP contribution in [0.4, 0.5) is 0 Å². The molecular formula is C12H14BrClO. The number of rotatable bonds is 3. The Balaban J connectivity index is 3.04. The molecule has 0 aliphatic rings. The van der Waals surface area contributed by atoms with Gasteiger partial charge >= 0.3 is 0 Å². The van der Waals surface area contributed by atoms with Gasteiger partial charge in [0.05, 0.1) is 0 Å². The van der Waals surface area contributed by atoms with Gasteiger partial charge in [-0.05, 0) is 46.5 Å². The minimum atomic E-state index is 0.164. The van der Waals surface area contributed by atoms with Crippen molar-refractivity contribution in [1.29, 1.82) is 0 Å². The first-order valence-corrected chi connectivity index (χ1v) is 6.07. The van der Waals surface area contributed by atoms with E-state index in [0.717, 1.165) is 15.6 Å². The summed E-state index contributed by atoms with van der Waals surface area (Å²) in [6, 6.07) is 3.63. The highest BCUT2D eigenvalue weighted by Crippen LogP contribution is 2.26. The summed E-state index contributed by atoms with van der Waals surface area (Å²) in [6.07, 6.45) is 0.569. The van der Waals surface area contributed by atoms with E-state index in [-0.39, 0.29) is 5.78 Å². The van der Waals surface area contributed by atoms with E-state index < -0.39 is 0 Å². The highest BCUT2D eigenvalue weighted by molar-refractivity contribution is 9.10. The first-order chi connectivity index (χ1) is 6.91. The van der Waals surface area contributed by atoms with Crippen molar-refractivity contribution in [2.24, 2.45) is 5.92 Å². The van der Waals surface area contributed by atoms with Gasteiger partial charge in [-0.2, -0.15) is 0 Å². The summed E-state index contributed by atoms with van der Waals surface area (Å²) >= 11 is 9.32. The lowest BCUT2D eigenvalue weighted by atomic mass is 10.00. The largest absolute Gasteiger partial charge is 0.294 e. The highest BCUT2D eigenvalue weighted by atomic mass is 79.9. The molecule has 15 heavy (non-hydrogen) atoms. The minimum absolute atomic E-state index is 0.164. The second-order valence-electron chi connectivity index (χ2n) is 4.10. The van der Waals surface area contributed by atoms with Crippen LogP contribution in [-0.4, -0.2) is 5.78 Å². The first kappa shape index (κ1) is 12.7. The molecule has 0 aromatic heterocycles. The zero-order valence-corrected chi connectivity index (χ0v) is 11.4. The Morgan fingerprint density at radius 3 is 2.60 bits per heavy atom. The quantitative estimate of drug-likeness (QED) is 0.741. The molecule has 0 unspecified atom stereocenters. The molecule has 3 heteroatoms. The zero-order chi connectivity index (χ0) is 11.6. The van der Waals surface area contributed by atoms with Gasteiger partial charge in [0, 0.05) is 21.5 Å². The number of hydrogen-bond donors (Lipinski definition) is 0. The number of carbonyl (C=O) groups is 1. The molecule has 0 atom stereocenters. The number of carbonyl (C=O) groups excluding carboxylic acids is 1. The van der Waals surface area contributed by atoms with E-state index in [1.807, 2.05) is 26.8 Å². The maximum atomic E-state index is 11.9. The van der Waals surface area contributed by atoms with Crippen LogP contribution in [0.25, 0.3) is 0 Å². The van der Waals surface area contributed by atoms with E-state index in [4.69, 9.17) is 11.6 Å². The zero-order valence-electron chi connectivity index (χ0n) is 9.10. The molecule has 0 heterocycles. The van der Waals surface area contributed by atoms with Gasteiger partial charge in [-0.3, -0.25) is 4.79 Å². The number of benzene rings is 1. The fourth-order valence-electron chi connectivity index (χ4n) is 1.35. The maximum Gasteiger partial charge on any atom is 0.164 e. The smallest absolute Gasteiger partial charge is 0.164 e. The third-order valence-corrected chi connectivity index (χ3v) is 3.21. The maximum absolute atomic E-state index is 11.9. The summed E-state index contributed by atoms with van der Waals surface area (Å²) in [7, 11) is 0. The standard InChI is InChI=1S/C12H14BrClO/c1-7(2)4-12(15)9-5-8(3)11(14)6-10(9)13/h5-7H,4H2,1-3H3. The molecule has 0 N–H and O–H groups in total. The Labute approximate surface area is 104 Å². The van der Waals surface area contributed by atoms with Gasteiger partial charge in [-0.1, -0.05) is 25.4 Å². The molecule has 0 saturated heterocycles. The molecule has 0 amide bonds. The van der Waals surface area contributed by atoms with Crippen molar-refractivity contribution < 1.29 is 4.79 Å². The number of Topliss-reactive ketones (excluding diaryl/α,β-unsaturated/α-hetero) is 1. The van der Waals surface area contributed by atoms with Crippen LogP contribution in [0.3, 0.4) is 0 Å². The lowest BCUT2D eigenvalue weighted by Crippen LogP contribution is -2.04. The summed E-state index contributed by atoms with van der Waals surface area (Å²) in [4.78, 5) is 11.9. The van der Waals surface area contributed by atoms with Crippen LogP contribution in [0, 0.1) is 12.8 Å².